The van der Waals surface area contributed by atoms with Gasteiger partial charge in [0.05, 0.1) is 6.21 Å². The van der Waals surface area contributed by atoms with E-state index in [0.717, 1.165) is 21.9 Å². The third kappa shape index (κ3) is 5.23. The third-order valence-corrected chi connectivity index (χ3v) is 5.21. The number of carbonyl (C=O) groups is 1. The highest BCUT2D eigenvalue weighted by Crippen LogP contribution is 2.27. The number of rotatable bonds is 6. The predicted octanol–water partition coefficient (Wildman–Crippen LogP) is 6.49. The summed E-state index contributed by atoms with van der Waals surface area (Å²) in [5.41, 5.74) is 4.80. The van der Waals surface area contributed by atoms with Crippen molar-refractivity contribution in [1.82, 2.24) is 5.43 Å². The zero-order chi connectivity index (χ0) is 21.6. The van der Waals surface area contributed by atoms with Crippen molar-refractivity contribution in [2.45, 2.75) is 6.61 Å². The Kier molecular flexibility index (Phi) is 6.51. The topological polar surface area (TPSA) is 50.7 Å². The Morgan fingerprint density at radius 1 is 0.871 bits per heavy atom. The maximum Gasteiger partial charge on any atom is 0.271 e. The van der Waals surface area contributed by atoms with E-state index in [1.807, 2.05) is 60.7 Å². The molecule has 1 amide bonds. The summed E-state index contributed by atoms with van der Waals surface area (Å²) in [5, 5.41) is 7.43. The van der Waals surface area contributed by atoms with Crippen molar-refractivity contribution in [1.29, 1.82) is 0 Å². The van der Waals surface area contributed by atoms with E-state index in [-0.39, 0.29) is 5.91 Å². The molecule has 0 aliphatic carbocycles. The summed E-state index contributed by atoms with van der Waals surface area (Å²) in [4.78, 5) is 12.3. The maximum atomic E-state index is 12.3. The highest BCUT2D eigenvalue weighted by Gasteiger charge is 2.09. The van der Waals surface area contributed by atoms with E-state index in [0.29, 0.717) is 28.0 Å². The fraction of sp³-hybridized carbons (Fsp3) is 0.0400. The number of benzene rings is 4. The summed E-state index contributed by atoms with van der Waals surface area (Å²) in [6.07, 6.45) is 1.60. The molecular formula is C25H18Cl2N2O2. The molecule has 4 nitrogen and oxygen atoms in total. The SMILES string of the molecule is O=C(N/N=C\c1c(OCc2ccc(Cl)cc2)ccc2ccccc12)c1ccc(Cl)cc1. The molecule has 6 heteroatoms. The first-order valence-corrected chi connectivity index (χ1v) is 10.3. The van der Waals surface area contributed by atoms with Gasteiger partial charge in [-0.25, -0.2) is 5.43 Å². The molecule has 0 unspecified atom stereocenters. The second kappa shape index (κ2) is 9.65. The van der Waals surface area contributed by atoms with Crippen molar-refractivity contribution in [2.75, 3.05) is 0 Å². The number of nitrogens with zero attached hydrogens (tertiary/aromatic N) is 1. The largest absolute Gasteiger partial charge is 0.488 e. The smallest absolute Gasteiger partial charge is 0.271 e. The van der Waals surface area contributed by atoms with Gasteiger partial charge in [0.25, 0.3) is 5.91 Å². The second-order valence-electron chi connectivity index (χ2n) is 6.82. The lowest BCUT2D eigenvalue weighted by Gasteiger charge is -2.12. The van der Waals surface area contributed by atoms with E-state index in [4.69, 9.17) is 27.9 Å². The van der Waals surface area contributed by atoms with Crippen molar-refractivity contribution >= 4 is 46.1 Å². The van der Waals surface area contributed by atoms with Gasteiger partial charge in [-0.2, -0.15) is 5.10 Å². The quantitative estimate of drug-likeness (QED) is 0.270. The number of amides is 1. The average Bonchev–Trinajstić information content (AvgIpc) is 2.79. The lowest BCUT2D eigenvalue weighted by atomic mass is 10.0. The van der Waals surface area contributed by atoms with Gasteiger partial charge in [0, 0.05) is 21.2 Å². The second-order valence-corrected chi connectivity index (χ2v) is 7.69. The molecule has 1 N–H and O–H groups in total. The molecule has 0 radical (unpaired) electrons. The number of fused-ring (bicyclic) bond motifs is 1. The van der Waals surface area contributed by atoms with E-state index in [2.05, 4.69) is 10.5 Å². The molecule has 4 rings (SSSR count). The predicted molar refractivity (Wildman–Crippen MR) is 126 cm³/mol. The molecule has 0 saturated heterocycles. The van der Waals surface area contributed by atoms with E-state index < -0.39 is 0 Å². The van der Waals surface area contributed by atoms with Crippen LogP contribution in [0.15, 0.2) is 90.0 Å². The Balaban J connectivity index is 1.57. The van der Waals surface area contributed by atoms with Gasteiger partial charge >= 0.3 is 0 Å². The van der Waals surface area contributed by atoms with Gasteiger partial charge in [0.1, 0.15) is 12.4 Å². The summed E-state index contributed by atoms with van der Waals surface area (Å²) in [5.74, 6) is 0.343. The van der Waals surface area contributed by atoms with Crippen LogP contribution < -0.4 is 10.2 Å². The van der Waals surface area contributed by atoms with Crippen LogP contribution in [0.4, 0.5) is 0 Å². The fourth-order valence-corrected chi connectivity index (χ4v) is 3.35. The summed E-state index contributed by atoms with van der Waals surface area (Å²) < 4.78 is 6.06. The minimum atomic E-state index is -0.322. The maximum absolute atomic E-state index is 12.3. The highest BCUT2D eigenvalue weighted by molar-refractivity contribution is 6.30. The monoisotopic (exact) mass is 448 g/mol. The Labute approximate surface area is 190 Å². The van der Waals surface area contributed by atoms with Gasteiger partial charge < -0.3 is 4.74 Å². The van der Waals surface area contributed by atoms with Gasteiger partial charge in [-0.15, -0.1) is 0 Å². The molecule has 0 bridgehead atoms. The van der Waals surface area contributed by atoms with Crippen LogP contribution in [0.2, 0.25) is 10.0 Å². The van der Waals surface area contributed by atoms with E-state index in [9.17, 15) is 4.79 Å². The van der Waals surface area contributed by atoms with Gasteiger partial charge in [-0.05, 0) is 58.8 Å². The first-order chi connectivity index (χ1) is 15.1. The Morgan fingerprint density at radius 2 is 1.55 bits per heavy atom. The van der Waals surface area contributed by atoms with Crippen LogP contribution in [0, 0.1) is 0 Å². The van der Waals surface area contributed by atoms with E-state index in [1.165, 1.54) is 0 Å². The molecule has 0 aromatic heterocycles. The van der Waals surface area contributed by atoms with Gasteiger partial charge in [-0.3, -0.25) is 4.79 Å². The molecule has 0 atom stereocenters. The molecule has 154 valence electrons. The van der Waals surface area contributed by atoms with E-state index in [1.54, 1.807) is 30.5 Å². The first kappa shape index (κ1) is 20.9. The van der Waals surface area contributed by atoms with Crippen molar-refractivity contribution in [2.24, 2.45) is 5.10 Å². The molecule has 31 heavy (non-hydrogen) atoms. The van der Waals surface area contributed by atoms with E-state index >= 15 is 0 Å². The van der Waals surface area contributed by atoms with Crippen LogP contribution in [-0.4, -0.2) is 12.1 Å². The molecule has 0 heterocycles. The number of halogens is 2. The van der Waals surface area contributed by atoms with Crippen LogP contribution >= 0.6 is 23.2 Å². The molecule has 0 aliphatic rings. The van der Waals surface area contributed by atoms with Crippen molar-refractivity contribution in [3.05, 3.63) is 112 Å². The minimum Gasteiger partial charge on any atom is -0.488 e. The number of hydrazone groups is 1. The molecule has 0 spiro atoms. The van der Waals surface area contributed by atoms with Gasteiger partial charge in [0.15, 0.2) is 0 Å². The zero-order valence-corrected chi connectivity index (χ0v) is 17.9. The van der Waals surface area contributed by atoms with Gasteiger partial charge in [0.2, 0.25) is 0 Å². The number of hydrogen-bond acceptors (Lipinski definition) is 3. The first-order valence-electron chi connectivity index (χ1n) is 9.58. The number of carbonyl (C=O) groups excluding carboxylic acids is 1. The zero-order valence-electron chi connectivity index (χ0n) is 16.4. The summed E-state index contributed by atoms with van der Waals surface area (Å²) in [6, 6.07) is 25.9. The Bertz CT molecular complexity index is 1240. The summed E-state index contributed by atoms with van der Waals surface area (Å²) in [7, 11) is 0. The molecule has 0 saturated carbocycles. The number of hydrogen-bond donors (Lipinski definition) is 1. The number of nitrogens with one attached hydrogen (secondary N) is 1. The highest BCUT2D eigenvalue weighted by atomic mass is 35.5. The lowest BCUT2D eigenvalue weighted by Crippen LogP contribution is -2.17. The molecule has 4 aromatic carbocycles. The van der Waals surface area contributed by atoms with Crippen molar-refractivity contribution in [3.8, 4) is 5.75 Å². The Hall–Kier alpha value is -3.34. The van der Waals surface area contributed by atoms with Crippen LogP contribution in [-0.2, 0) is 6.61 Å². The van der Waals surface area contributed by atoms with Gasteiger partial charge in [-0.1, -0.05) is 65.7 Å². The van der Waals surface area contributed by atoms with Crippen molar-refractivity contribution < 1.29 is 9.53 Å². The summed E-state index contributed by atoms with van der Waals surface area (Å²) in [6.45, 7) is 0.382. The normalized spacial score (nSPS) is 11.0. The molecule has 4 aromatic rings. The third-order valence-electron chi connectivity index (χ3n) is 4.70. The minimum absolute atomic E-state index is 0.322. The van der Waals surface area contributed by atoms with Crippen LogP contribution in [0.5, 0.6) is 5.75 Å². The van der Waals surface area contributed by atoms with Crippen LogP contribution in [0.3, 0.4) is 0 Å². The lowest BCUT2D eigenvalue weighted by molar-refractivity contribution is 0.0955. The van der Waals surface area contributed by atoms with Crippen molar-refractivity contribution in [3.63, 3.8) is 0 Å². The number of ether oxygens (including phenoxy) is 1. The molecular weight excluding hydrogens is 431 g/mol. The summed E-state index contributed by atoms with van der Waals surface area (Å²) >= 11 is 11.8. The molecule has 0 fully saturated rings. The Morgan fingerprint density at radius 3 is 2.29 bits per heavy atom. The van der Waals surface area contributed by atoms with Crippen LogP contribution in [0.25, 0.3) is 10.8 Å². The standard InChI is InChI=1S/C25H18Cl2N2O2/c26-20-10-5-17(6-11-20)16-31-24-14-9-18-3-1-2-4-22(18)23(24)15-28-29-25(30)19-7-12-21(27)13-8-19/h1-15H,16H2,(H,29,30)/b28-15-. The van der Waals surface area contributed by atoms with Crippen LogP contribution in [0.1, 0.15) is 21.5 Å². The fourth-order valence-electron chi connectivity index (χ4n) is 3.10. The molecule has 0 aliphatic heterocycles. The average molecular weight is 449 g/mol.